The largest absolute Gasteiger partial charge is 0.497 e. The SMILES string of the molecule is CCCCc1c(C)nn(C(=O)c2ccc(OC)cc2)c1C. The molecule has 0 atom stereocenters. The molecule has 0 aliphatic rings. The van der Waals surface area contributed by atoms with E-state index in [1.54, 1.807) is 31.4 Å². The number of carbonyl (C=O) groups is 1. The molecular weight excluding hydrogens is 264 g/mol. The molecule has 1 heterocycles. The van der Waals surface area contributed by atoms with E-state index in [-0.39, 0.29) is 5.91 Å². The number of methoxy groups -OCH3 is 1. The zero-order valence-corrected chi connectivity index (χ0v) is 13.1. The third kappa shape index (κ3) is 3.15. The smallest absolute Gasteiger partial charge is 0.278 e. The number of hydrogen-bond donors (Lipinski definition) is 0. The van der Waals surface area contributed by atoms with Gasteiger partial charge in [0.25, 0.3) is 5.91 Å². The third-order valence-electron chi connectivity index (χ3n) is 3.75. The van der Waals surface area contributed by atoms with Gasteiger partial charge in [0.1, 0.15) is 5.75 Å². The van der Waals surface area contributed by atoms with Crippen molar-refractivity contribution in [3.63, 3.8) is 0 Å². The topological polar surface area (TPSA) is 44.1 Å². The quantitative estimate of drug-likeness (QED) is 0.844. The van der Waals surface area contributed by atoms with Gasteiger partial charge in [-0.3, -0.25) is 4.79 Å². The van der Waals surface area contributed by atoms with E-state index in [9.17, 15) is 4.79 Å². The Morgan fingerprint density at radius 1 is 1.24 bits per heavy atom. The maximum atomic E-state index is 12.6. The molecule has 0 spiro atoms. The lowest BCUT2D eigenvalue weighted by Gasteiger charge is -2.05. The summed E-state index contributed by atoms with van der Waals surface area (Å²) in [5.74, 6) is 0.643. The second-order valence-electron chi connectivity index (χ2n) is 5.20. The summed E-state index contributed by atoms with van der Waals surface area (Å²) in [7, 11) is 1.61. The van der Waals surface area contributed by atoms with Crippen LogP contribution >= 0.6 is 0 Å². The van der Waals surface area contributed by atoms with Gasteiger partial charge in [-0.2, -0.15) is 5.10 Å². The van der Waals surface area contributed by atoms with Gasteiger partial charge in [0.05, 0.1) is 12.8 Å². The van der Waals surface area contributed by atoms with Crippen molar-refractivity contribution in [2.75, 3.05) is 7.11 Å². The minimum atomic E-state index is -0.0963. The molecule has 0 N–H and O–H groups in total. The first kappa shape index (κ1) is 15.3. The van der Waals surface area contributed by atoms with Gasteiger partial charge < -0.3 is 4.74 Å². The number of aryl methyl sites for hydroxylation is 1. The highest BCUT2D eigenvalue weighted by molar-refractivity contribution is 5.96. The molecule has 0 saturated heterocycles. The van der Waals surface area contributed by atoms with Gasteiger partial charge in [-0.15, -0.1) is 0 Å². The molecule has 21 heavy (non-hydrogen) atoms. The van der Waals surface area contributed by atoms with Gasteiger partial charge in [-0.25, -0.2) is 4.68 Å². The van der Waals surface area contributed by atoms with Crippen LogP contribution in [0.1, 0.15) is 47.1 Å². The molecule has 0 unspecified atom stereocenters. The van der Waals surface area contributed by atoms with Crippen molar-refractivity contribution in [1.29, 1.82) is 0 Å². The van der Waals surface area contributed by atoms with Crippen LogP contribution in [-0.4, -0.2) is 22.8 Å². The molecule has 112 valence electrons. The number of unbranched alkanes of at least 4 members (excludes halogenated alkanes) is 1. The average Bonchev–Trinajstić information content (AvgIpc) is 2.79. The molecule has 0 amide bonds. The van der Waals surface area contributed by atoms with Gasteiger partial charge in [0, 0.05) is 11.3 Å². The molecule has 1 aromatic heterocycles. The number of hydrogen-bond acceptors (Lipinski definition) is 3. The van der Waals surface area contributed by atoms with Crippen LogP contribution < -0.4 is 4.74 Å². The fraction of sp³-hybridized carbons (Fsp3) is 0.412. The van der Waals surface area contributed by atoms with Gasteiger partial charge in [0.2, 0.25) is 0 Å². The summed E-state index contributed by atoms with van der Waals surface area (Å²) >= 11 is 0. The van der Waals surface area contributed by atoms with Crippen LogP contribution in [0, 0.1) is 13.8 Å². The maximum Gasteiger partial charge on any atom is 0.278 e. The lowest BCUT2D eigenvalue weighted by Crippen LogP contribution is -2.15. The molecule has 4 heteroatoms. The van der Waals surface area contributed by atoms with Crippen LogP contribution in [0.3, 0.4) is 0 Å². The summed E-state index contributed by atoms with van der Waals surface area (Å²) in [4.78, 5) is 12.6. The number of aromatic nitrogens is 2. The number of ether oxygens (including phenoxy) is 1. The van der Waals surface area contributed by atoms with Crippen molar-refractivity contribution in [2.24, 2.45) is 0 Å². The Bertz CT molecular complexity index is 627. The van der Waals surface area contributed by atoms with E-state index in [2.05, 4.69) is 12.0 Å². The Kier molecular flexibility index (Phi) is 4.78. The van der Waals surface area contributed by atoms with E-state index in [0.29, 0.717) is 5.56 Å². The van der Waals surface area contributed by atoms with Crippen LogP contribution in [0.15, 0.2) is 24.3 Å². The maximum absolute atomic E-state index is 12.6. The highest BCUT2D eigenvalue weighted by atomic mass is 16.5. The van der Waals surface area contributed by atoms with Crippen molar-refractivity contribution >= 4 is 5.91 Å². The monoisotopic (exact) mass is 286 g/mol. The first-order chi connectivity index (χ1) is 10.1. The van der Waals surface area contributed by atoms with E-state index in [0.717, 1.165) is 36.4 Å². The first-order valence-electron chi connectivity index (χ1n) is 7.32. The lowest BCUT2D eigenvalue weighted by atomic mass is 10.1. The first-order valence-corrected chi connectivity index (χ1v) is 7.32. The third-order valence-corrected chi connectivity index (χ3v) is 3.75. The average molecular weight is 286 g/mol. The Morgan fingerprint density at radius 3 is 2.48 bits per heavy atom. The van der Waals surface area contributed by atoms with Crippen molar-refractivity contribution in [2.45, 2.75) is 40.0 Å². The van der Waals surface area contributed by atoms with Gasteiger partial charge in [-0.1, -0.05) is 13.3 Å². The van der Waals surface area contributed by atoms with Crippen molar-refractivity contribution in [3.05, 3.63) is 46.8 Å². The van der Waals surface area contributed by atoms with Crippen molar-refractivity contribution < 1.29 is 9.53 Å². The lowest BCUT2D eigenvalue weighted by molar-refractivity contribution is 0.0942. The molecule has 0 saturated carbocycles. The molecule has 0 radical (unpaired) electrons. The van der Waals surface area contributed by atoms with Gasteiger partial charge >= 0.3 is 0 Å². The Morgan fingerprint density at radius 2 is 1.90 bits per heavy atom. The van der Waals surface area contributed by atoms with Crippen molar-refractivity contribution in [1.82, 2.24) is 9.78 Å². The minimum Gasteiger partial charge on any atom is -0.497 e. The molecule has 1 aromatic carbocycles. The number of carbonyl (C=O) groups excluding carboxylic acids is 1. The zero-order valence-electron chi connectivity index (χ0n) is 13.1. The van der Waals surface area contributed by atoms with E-state index in [1.807, 2.05) is 13.8 Å². The summed E-state index contributed by atoms with van der Waals surface area (Å²) in [6.45, 7) is 6.10. The van der Waals surface area contributed by atoms with Crippen LogP contribution in [0.4, 0.5) is 0 Å². The van der Waals surface area contributed by atoms with Crippen LogP contribution in [0.25, 0.3) is 0 Å². The van der Waals surface area contributed by atoms with Crippen LogP contribution in [0.2, 0.25) is 0 Å². The summed E-state index contributed by atoms with van der Waals surface area (Å²) < 4.78 is 6.63. The second-order valence-corrected chi connectivity index (χ2v) is 5.20. The minimum absolute atomic E-state index is 0.0963. The predicted molar refractivity (Wildman–Crippen MR) is 83.0 cm³/mol. The van der Waals surface area contributed by atoms with E-state index < -0.39 is 0 Å². The fourth-order valence-corrected chi connectivity index (χ4v) is 2.44. The fourth-order valence-electron chi connectivity index (χ4n) is 2.44. The van der Waals surface area contributed by atoms with Crippen LogP contribution in [-0.2, 0) is 6.42 Å². The Hall–Kier alpha value is -2.10. The normalized spacial score (nSPS) is 10.7. The molecule has 0 aliphatic carbocycles. The van der Waals surface area contributed by atoms with Crippen LogP contribution in [0.5, 0.6) is 5.75 Å². The highest BCUT2D eigenvalue weighted by Gasteiger charge is 2.17. The summed E-state index contributed by atoms with van der Waals surface area (Å²) in [5, 5.41) is 4.42. The molecule has 4 nitrogen and oxygen atoms in total. The molecule has 0 bridgehead atoms. The van der Waals surface area contributed by atoms with E-state index >= 15 is 0 Å². The molecule has 0 fully saturated rings. The Labute approximate surface area is 125 Å². The molecule has 2 aromatic rings. The zero-order chi connectivity index (χ0) is 15.4. The molecular formula is C17H22N2O2. The molecule has 0 aliphatic heterocycles. The number of rotatable bonds is 5. The van der Waals surface area contributed by atoms with Gasteiger partial charge in [0.15, 0.2) is 0 Å². The highest BCUT2D eigenvalue weighted by Crippen LogP contribution is 2.18. The van der Waals surface area contributed by atoms with E-state index in [1.165, 1.54) is 10.2 Å². The number of benzene rings is 1. The summed E-state index contributed by atoms with van der Waals surface area (Å²) in [5.41, 5.74) is 3.70. The molecule has 2 rings (SSSR count). The summed E-state index contributed by atoms with van der Waals surface area (Å²) in [6.07, 6.45) is 3.23. The predicted octanol–water partition coefficient (Wildman–Crippen LogP) is 3.54. The van der Waals surface area contributed by atoms with E-state index in [4.69, 9.17) is 4.74 Å². The standard InChI is InChI=1S/C17H22N2O2/c1-5-6-7-16-12(2)18-19(13(16)3)17(20)14-8-10-15(21-4)11-9-14/h8-11H,5-7H2,1-4H3. The van der Waals surface area contributed by atoms with Crippen molar-refractivity contribution in [3.8, 4) is 5.75 Å². The summed E-state index contributed by atoms with van der Waals surface area (Å²) in [6, 6.07) is 7.11. The van der Waals surface area contributed by atoms with Gasteiger partial charge in [-0.05, 0) is 56.5 Å². The second kappa shape index (κ2) is 6.57. The Balaban J connectivity index is 2.30. The number of nitrogens with zero attached hydrogens (tertiary/aromatic N) is 2.